The third kappa shape index (κ3) is 4.03. The van der Waals surface area contributed by atoms with Crippen molar-refractivity contribution in [2.24, 2.45) is 0 Å². The number of carbonyl (C=O) groups excluding carboxylic acids is 3. The Hall–Kier alpha value is -2.41. The lowest BCUT2D eigenvalue weighted by atomic mass is 10.1. The first kappa shape index (κ1) is 15.0. The average molecular weight is 291 g/mol. The van der Waals surface area contributed by atoms with Crippen LogP contribution in [0.2, 0.25) is 0 Å². The molecule has 2 amide bonds. The molecule has 0 aromatic heterocycles. The van der Waals surface area contributed by atoms with Crippen LogP contribution in [0.1, 0.15) is 16.8 Å². The van der Waals surface area contributed by atoms with Crippen LogP contribution >= 0.6 is 0 Å². The minimum Gasteiger partial charge on any atom is -0.465 e. The summed E-state index contributed by atoms with van der Waals surface area (Å²) in [6.07, 6.45) is 0.0360. The van der Waals surface area contributed by atoms with E-state index >= 15 is 0 Å². The van der Waals surface area contributed by atoms with Crippen molar-refractivity contribution in [2.75, 3.05) is 25.5 Å². The van der Waals surface area contributed by atoms with E-state index in [2.05, 4.69) is 20.7 Å². The van der Waals surface area contributed by atoms with Crippen LogP contribution in [0.4, 0.5) is 5.69 Å². The van der Waals surface area contributed by atoms with Gasteiger partial charge in [0, 0.05) is 18.8 Å². The Morgan fingerprint density at radius 3 is 2.90 bits per heavy atom. The maximum absolute atomic E-state index is 11.9. The number of hydrogen-bond donors (Lipinski definition) is 3. The molecule has 7 heteroatoms. The first-order valence-corrected chi connectivity index (χ1v) is 6.59. The molecule has 0 radical (unpaired) electrons. The van der Waals surface area contributed by atoms with Crippen LogP contribution in [0.15, 0.2) is 24.3 Å². The maximum atomic E-state index is 11.9. The van der Waals surface area contributed by atoms with Crippen molar-refractivity contribution in [2.45, 2.75) is 12.5 Å². The van der Waals surface area contributed by atoms with Crippen LogP contribution in [-0.2, 0) is 14.3 Å². The predicted molar refractivity (Wildman–Crippen MR) is 75.8 cm³/mol. The first-order chi connectivity index (χ1) is 10.1. The molecule has 21 heavy (non-hydrogen) atoms. The Morgan fingerprint density at radius 2 is 2.19 bits per heavy atom. The molecule has 0 saturated carbocycles. The Morgan fingerprint density at radius 1 is 1.38 bits per heavy atom. The number of ether oxygens (including phenoxy) is 1. The van der Waals surface area contributed by atoms with Gasteiger partial charge >= 0.3 is 5.97 Å². The number of hydrogen-bond acceptors (Lipinski definition) is 5. The van der Waals surface area contributed by atoms with Crippen LogP contribution in [0.5, 0.6) is 0 Å². The summed E-state index contributed by atoms with van der Waals surface area (Å²) in [4.78, 5) is 34.9. The van der Waals surface area contributed by atoms with Gasteiger partial charge in [-0.05, 0) is 18.2 Å². The van der Waals surface area contributed by atoms with Crippen LogP contribution < -0.4 is 16.0 Å². The monoisotopic (exact) mass is 291 g/mol. The molecule has 1 saturated heterocycles. The Kier molecular flexibility index (Phi) is 4.89. The van der Waals surface area contributed by atoms with Crippen LogP contribution in [-0.4, -0.2) is 44.0 Å². The van der Waals surface area contributed by atoms with Gasteiger partial charge in [0.2, 0.25) is 11.8 Å². The summed E-state index contributed by atoms with van der Waals surface area (Å²) >= 11 is 0. The molecule has 7 nitrogen and oxygen atoms in total. The lowest BCUT2D eigenvalue weighted by Crippen LogP contribution is -2.53. The van der Waals surface area contributed by atoms with E-state index in [4.69, 9.17) is 0 Å². The molecule has 0 bridgehead atoms. The third-order valence-electron chi connectivity index (χ3n) is 3.09. The van der Waals surface area contributed by atoms with Gasteiger partial charge in [0.25, 0.3) is 0 Å². The van der Waals surface area contributed by atoms with E-state index in [0.717, 1.165) is 0 Å². The van der Waals surface area contributed by atoms with Gasteiger partial charge in [0.05, 0.1) is 25.1 Å². The molecule has 1 aliphatic heterocycles. The molecule has 1 aromatic rings. The summed E-state index contributed by atoms with van der Waals surface area (Å²) < 4.78 is 4.62. The number of methoxy groups -OCH3 is 1. The summed E-state index contributed by atoms with van der Waals surface area (Å²) in [6, 6.07) is 5.91. The third-order valence-corrected chi connectivity index (χ3v) is 3.09. The van der Waals surface area contributed by atoms with E-state index < -0.39 is 12.0 Å². The molecule has 3 N–H and O–H groups in total. The number of rotatable bonds is 4. The molecule has 1 aromatic carbocycles. The zero-order valence-corrected chi connectivity index (χ0v) is 11.6. The summed E-state index contributed by atoms with van der Waals surface area (Å²) in [6.45, 7) is 1.21. The number of carbonyl (C=O) groups is 3. The molecular formula is C14H17N3O4. The summed E-state index contributed by atoms with van der Waals surface area (Å²) in [5, 5.41) is 8.33. The highest BCUT2D eigenvalue weighted by atomic mass is 16.5. The number of esters is 1. The number of nitrogens with one attached hydrogen (secondary N) is 3. The Bertz CT molecular complexity index is 559. The summed E-state index contributed by atoms with van der Waals surface area (Å²) in [5.41, 5.74) is 0.836. The summed E-state index contributed by atoms with van der Waals surface area (Å²) in [7, 11) is 1.29. The maximum Gasteiger partial charge on any atom is 0.337 e. The highest BCUT2D eigenvalue weighted by molar-refractivity contribution is 5.97. The van der Waals surface area contributed by atoms with Gasteiger partial charge in [-0.3, -0.25) is 9.59 Å². The van der Waals surface area contributed by atoms with Gasteiger partial charge < -0.3 is 20.7 Å². The molecular weight excluding hydrogens is 274 g/mol. The highest BCUT2D eigenvalue weighted by Gasteiger charge is 2.24. The second kappa shape index (κ2) is 6.85. The van der Waals surface area contributed by atoms with Crippen molar-refractivity contribution in [3.8, 4) is 0 Å². The van der Waals surface area contributed by atoms with Crippen molar-refractivity contribution in [3.05, 3.63) is 29.8 Å². The van der Waals surface area contributed by atoms with E-state index in [0.29, 0.717) is 24.3 Å². The quantitative estimate of drug-likeness (QED) is 0.673. The number of benzene rings is 1. The normalized spacial score (nSPS) is 17.8. The Labute approximate surface area is 122 Å². The molecule has 1 heterocycles. The van der Waals surface area contributed by atoms with Crippen molar-refractivity contribution < 1.29 is 19.1 Å². The largest absolute Gasteiger partial charge is 0.465 e. The minimum absolute atomic E-state index is 0.0360. The fraction of sp³-hybridized carbons (Fsp3) is 0.357. The van der Waals surface area contributed by atoms with E-state index in [9.17, 15) is 14.4 Å². The fourth-order valence-corrected chi connectivity index (χ4v) is 2.05. The number of piperazine rings is 1. The molecule has 1 fully saturated rings. The van der Waals surface area contributed by atoms with Gasteiger partial charge in [-0.25, -0.2) is 4.79 Å². The van der Waals surface area contributed by atoms with Gasteiger partial charge in [-0.2, -0.15) is 0 Å². The minimum atomic E-state index is -0.525. The van der Waals surface area contributed by atoms with Crippen LogP contribution in [0, 0.1) is 0 Å². The van der Waals surface area contributed by atoms with Crippen molar-refractivity contribution >= 4 is 23.5 Å². The second-order valence-electron chi connectivity index (χ2n) is 4.62. The SMILES string of the molecule is COC(=O)c1cccc(NC(=O)C[C@@H]2NCCNC2=O)c1. The molecule has 0 spiro atoms. The smallest absolute Gasteiger partial charge is 0.337 e. The predicted octanol–water partition coefficient (Wildman–Crippen LogP) is -0.110. The van der Waals surface area contributed by atoms with Crippen LogP contribution in [0.3, 0.4) is 0 Å². The lowest BCUT2D eigenvalue weighted by Gasteiger charge is -2.22. The second-order valence-corrected chi connectivity index (χ2v) is 4.62. The zero-order valence-electron chi connectivity index (χ0n) is 11.6. The van der Waals surface area contributed by atoms with Gasteiger partial charge in [-0.15, -0.1) is 0 Å². The molecule has 0 unspecified atom stereocenters. The van der Waals surface area contributed by atoms with Crippen molar-refractivity contribution in [1.29, 1.82) is 0 Å². The van der Waals surface area contributed by atoms with E-state index in [1.54, 1.807) is 18.2 Å². The van der Waals surface area contributed by atoms with Crippen LogP contribution in [0.25, 0.3) is 0 Å². The van der Waals surface area contributed by atoms with Gasteiger partial charge in [0.1, 0.15) is 0 Å². The summed E-state index contributed by atoms with van der Waals surface area (Å²) in [5.74, 6) is -0.953. The number of anilines is 1. The van der Waals surface area contributed by atoms with Crippen molar-refractivity contribution in [1.82, 2.24) is 10.6 Å². The average Bonchev–Trinajstić information content (AvgIpc) is 2.49. The zero-order chi connectivity index (χ0) is 15.2. The Balaban J connectivity index is 1.96. The standard InChI is InChI=1S/C14H17N3O4/c1-21-14(20)9-3-2-4-10(7-9)17-12(18)8-11-13(19)16-6-5-15-11/h2-4,7,11,15H,5-6,8H2,1H3,(H,16,19)(H,17,18)/t11-/m0/s1. The fourth-order valence-electron chi connectivity index (χ4n) is 2.05. The lowest BCUT2D eigenvalue weighted by molar-refractivity contribution is -0.127. The first-order valence-electron chi connectivity index (χ1n) is 6.59. The topological polar surface area (TPSA) is 96.5 Å². The van der Waals surface area contributed by atoms with Gasteiger partial charge in [0.15, 0.2) is 0 Å². The van der Waals surface area contributed by atoms with E-state index in [1.807, 2.05) is 0 Å². The van der Waals surface area contributed by atoms with E-state index in [1.165, 1.54) is 13.2 Å². The highest BCUT2D eigenvalue weighted by Crippen LogP contribution is 2.12. The molecule has 112 valence electrons. The molecule has 2 rings (SSSR count). The molecule has 1 atom stereocenters. The van der Waals surface area contributed by atoms with E-state index in [-0.39, 0.29) is 18.2 Å². The molecule has 0 aliphatic carbocycles. The van der Waals surface area contributed by atoms with Gasteiger partial charge in [-0.1, -0.05) is 6.07 Å². The van der Waals surface area contributed by atoms with Crippen molar-refractivity contribution in [3.63, 3.8) is 0 Å². The molecule has 1 aliphatic rings. The number of amides is 2.